The lowest BCUT2D eigenvalue weighted by Crippen LogP contribution is -2.23. The predicted molar refractivity (Wildman–Crippen MR) is 48.8 cm³/mol. The molecular formula is C11H18O. The zero-order valence-corrected chi connectivity index (χ0v) is 8.05. The van der Waals surface area contributed by atoms with Crippen LogP contribution in [0.3, 0.4) is 0 Å². The second-order valence-corrected chi connectivity index (χ2v) is 4.91. The first-order chi connectivity index (χ1) is 5.68. The fourth-order valence-electron chi connectivity index (χ4n) is 2.58. The SMILES string of the molecule is CC(C)C[C@H]1CC[C@@H]2C[C@@H]2C1=O. The molecule has 2 saturated carbocycles. The molecule has 2 rings (SSSR count). The quantitative estimate of drug-likeness (QED) is 0.616. The smallest absolute Gasteiger partial charge is 0.139 e. The molecular weight excluding hydrogens is 148 g/mol. The van der Waals surface area contributed by atoms with E-state index in [0.717, 1.165) is 12.3 Å². The maximum absolute atomic E-state index is 11.7. The van der Waals surface area contributed by atoms with E-state index in [4.69, 9.17) is 0 Å². The van der Waals surface area contributed by atoms with Gasteiger partial charge in [0.2, 0.25) is 0 Å². The van der Waals surface area contributed by atoms with Gasteiger partial charge in [0, 0.05) is 11.8 Å². The molecule has 0 aliphatic heterocycles. The van der Waals surface area contributed by atoms with Crippen molar-refractivity contribution in [2.45, 2.75) is 39.5 Å². The van der Waals surface area contributed by atoms with Crippen molar-refractivity contribution in [2.24, 2.45) is 23.7 Å². The van der Waals surface area contributed by atoms with Crippen LogP contribution < -0.4 is 0 Å². The lowest BCUT2D eigenvalue weighted by molar-refractivity contribution is -0.126. The molecule has 2 aliphatic carbocycles. The van der Waals surface area contributed by atoms with Gasteiger partial charge >= 0.3 is 0 Å². The Kier molecular flexibility index (Phi) is 1.97. The predicted octanol–water partition coefficient (Wildman–Crippen LogP) is 2.65. The van der Waals surface area contributed by atoms with E-state index in [-0.39, 0.29) is 0 Å². The Bertz CT molecular complexity index is 195. The van der Waals surface area contributed by atoms with Crippen molar-refractivity contribution >= 4 is 5.78 Å². The van der Waals surface area contributed by atoms with Crippen LogP contribution in [0.25, 0.3) is 0 Å². The summed E-state index contributed by atoms with van der Waals surface area (Å²) in [6.07, 6.45) is 4.85. The topological polar surface area (TPSA) is 17.1 Å². The van der Waals surface area contributed by atoms with Crippen LogP contribution in [0.1, 0.15) is 39.5 Å². The van der Waals surface area contributed by atoms with E-state index in [9.17, 15) is 4.79 Å². The second-order valence-electron chi connectivity index (χ2n) is 4.91. The average molecular weight is 166 g/mol. The highest BCUT2D eigenvalue weighted by molar-refractivity contribution is 5.86. The van der Waals surface area contributed by atoms with E-state index in [2.05, 4.69) is 13.8 Å². The summed E-state index contributed by atoms with van der Waals surface area (Å²) in [4.78, 5) is 11.7. The number of fused-ring (bicyclic) bond motifs is 1. The van der Waals surface area contributed by atoms with Gasteiger partial charge in [0.1, 0.15) is 5.78 Å². The van der Waals surface area contributed by atoms with Gasteiger partial charge in [-0.15, -0.1) is 0 Å². The molecule has 1 heteroatoms. The maximum Gasteiger partial charge on any atom is 0.139 e. The molecule has 12 heavy (non-hydrogen) atoms. The number of rotatable bonds is 2. The molecule has 0 aromatic heterocycles. The number of carbonyl (C=O) groups is 1. The summed E-state index contributed by atoms with van der Waals surface area (Å²) in [7, 11) is 0. The Labute approximate surface area is 74.5 Å². The molecule has 0 aromatic carbocycles. The van der Waals surface area contributed by atoms with E-state index >= 15 is 0 Å². The number of hydrogen-bond acceptors (Lipinski definition) is 1. The number of Topliss-reactive ketones (excluding diaryl/α,β-unsaturated/α-hetero) is 1. The van der Waals surface area contributed by atoms with E-state index < -0.39 is 0 Å². The summed E-state index contributed by atoms with van der Waals surface area (Å²) in [5, 5.41) is 0. The van der Waals surface area contributed by atoms with Gasteiger partial charge in [0.05, 0.1) is 0 Å². The normalized spacial score (nSPS) is 39.9. The number of carbonyl (C=O) groups excluding carboxylic acids is 1. The molecule has 2 fully saturated rings. The summed E-state index contributed by atoms with van der Waals surface area (Å²) in [6.45, 7) is 4.43. The van der Waals surface area contributed by atoms with Gasteiger partial charge in [0.25, 0.3) is 0 Å². The van der Waals surface area contributed by atoms with E-state index in [0.29, 0.717) is 23.5 Å². The average Bonchev–Trinajstić information content (AvgIpc) is 2.73. The van der Waals surface area contributed by atoms with Gasteiger partial charge in [-0.1, -0.05) is 13.8 Å². The highest BCUT2D eigenvalue weighted by atomic mass is 16.1. The first kappa shape index (κ1) is 8.28. The molecule has 1 nitrogen and oxygen atoms in total. The van der Waals surface area contributed by atoms with Crippen LogP contribution in [0.2, 0.25) is 0 Å². The minimum atomic E-state index is 0.425. The summed E-state index contributed by atoms with van der Waals surface area (Å²) in [5.41, 5.74) is 0. The fourth-order valence-corrected chi connectivity index (χ4v) is 2.58. The van der Waals surface area contributed by atoms with Crippen LogP contribution in [-0.2, 0) is 4.79 Å². The van der Waals surface area contributed by atoms with Gasteiger partial charge in [0.15, 0.2) is 0 Å². The lowest BCUT2D eigenvalue weighted by Gasteiger charge is -2.21. The molecule has 3 atom stereocenters. The third kappa shape index (κ3) is 1.41. The largest absolute Gasteiger partial charge is 0.299 e. The van der Waals surface area contributed by atoms with Crippen molar-refractivity contribution in [1.29, 1.82) is 0 Å². The number of hydrogen-bond donors (Lipinski definition) is 0. The first-order valence-corrected chi connectivity index (χ1v) is 5.22. The fraction of sp³-hybridized carbons (Fsp3) is 0.909. The van der Waals surface area contributed by atoms with Crippen LogP contribution in [0.5, 0.6) is 0 Å². The van der Waals surface area contributed by atoms with Gasteiger partial charge in [-0.05, 0) is 37.5 Å². The standard InChI is InChI=1S/C11H18O/c1-7(2)5-9-4-3-8-6-10(8)11(9)12/h7-10H,3-6H2,1-2H3/t8-,9-,10+/m1/s1. The highest BCUT2D eigenvalue weighted by Crippen LogP contribution is 2.50. The maximum atomic E-state index is 11.7. The molecule has 0 unspecified atom stereocenters. The van der Waals surface area contributed by atoms with Crippen LogP contribution in [-0.4, -0.2) is 5.78 Å². The molecule has 0 bridgehead atoms. The molecule has 0 heterocycles. The molecule has 0 N–H and O–H groups in total. The third-order valence-corrected chi connectivity index (χ3v) is 3.33. The van der Waals surface area contributed by atoms with Crippen molar-refractivity contribution in [2.75, 3.05) is 0 Å². The summed E-state index contributed by atoms with van der Waals surface area (Å²) in [5.74, 6) is 3.02. The highest BCUT2D eigenvalue weighted by Gasteiger charge is 2.48. The summed E-state index contributed by atoms with van der Waals surface area (Å²) in [6, 6.07) is 0. The zero-order chi connectivity index (χ0) is 8.72. The van der Waals surface area contributed by atoms with E-state index in [1.165, 1.54) is 19.3 Å². The Morgan fingerprint density at radius 2 is 2.17 bits per heavy atom. The van der Waals surface area contributed by atoms with Gasteiger partial charge in [-0.25, -0.2) is 0 Å². The summed E-state index contributed by atoms with van der Waals surface area (Å²) < 4.78 is 0. The van der Waals surface area contributed by atoms with Gasteiger partial charge in [-0.3, -0.25) is 4.79 Å². The van der Waals surface area contributed by atoms with Crippen LogP contribution >= 0.6 is 0 Å². The van der Waals surface area contributed by atoms with Crippen molar-refractivity contribution in [3.8, 4) is 0 Å². The Balaban J connectivity index is 1.93. The van der Waals surface area contributed by atoms with Gasteiger partial charge in [-0.2, -0.15) is 0 Å². The second kappa shape index (κ2) is 2.86. The molecule has 0 saturated heterocycles. The van der Waals surface area contributed by atoms with E-state index in [1.54, 1.807) is 0 Å². The molecule has 0 spiro atoms. The van der Waals surface area contributed by atoms with E-state index in [1.807, 2.05) is 0 Å². The first-order valence-electron chi connectivity index (χ1n) is 5.22. The Hall–Kier alpha value is -0.330. The Morgan fingerprint density at radius 1 is 1.42 bits per heavy atom. The Morgan fingerprint density at radius 3 is 2.83 bits per heavy atom. The van der Waals surface area contributed by atoms with Gasteiger partial charge < -0.3 is 0 Å². The molecule has 68 valence electrons. The summed E-state index contributed by atoms with van der Waals surface area (Å²) >= 11 is 0. The van der Waals surface area contributed by atoms with Crippen LogP contribution in [0, 0.1) is 23.7 Å². The minimum Gasteiger partial charge on any atom is -0.299 e. The lowest BCUT2D eigenvalue weighted by atomic mass is 9.83. The van der Waals surface area contributed by atoms with Crippen molar-refractivity contribution in [1.82, 2.24) is 0 Å². The molecule has 0 amide bonds. The third-order valence-electron chi connectivity index (χ3n) is 3.33. The molecule has 0 radical (unpaired) electrons. The van der Waals surface area contributed by atoms with Crippen molar-refractivity contribution in [3.05, 3.63) is 0 Å². The monoisotopic (exact) mass is 166 g/mol. The zero-order valence-electron chi connectivity index (χ0n) is 8.05. The molecule has 2 aliphatic rings. The van der Waals surface area contributed by atoms with Crippen LogP contribution in [0.15, 0.2) is 0 Å². The minimum absolute atomic E-state index is 0.425. The van der Waals surface area contributed by atoms with Crippen molar-refractivity contribution < 1.29 is 4.79 Å². The van der Waals surface area contributed by atoms with Crippen molar-refractivity contribution in [3.63, 3.8) is 0 Å². The van der Waals surface area contributed by atoms with Crippen LogP contribution in [0.4, 0.5) is 0 Å². The number of ketones is 1. The molecule has 0 aromatic rings.